The van der Waals surface area contributed by atoms with E-state index in [1.807, 2.05) is 42.2 Å². The average Bonchev–Trinajstić information content (AvgIpc) is 2.66. The number of pyridine rings is 1. The summed E-state index contributed by atoms with van der Waals surface area (Å²) in [4.78, 5) is 19.0. The minimum absolute atomic E-state index is 0.0401. The summed E-state index contributed by atoms with van der Waals surface area (Å²) in [6.45, 7) is 5.42. The summed E-state index contributed by atoms with van der Waals surface area (Å²) in [5.74, 6) is -0.0401. The Labute approximate surface area is 124 Å². The lowest BCUT2D eigenvalue weighted by Gasteiger charge is -2.24. The van der Waals surface area contributed by atoms with Crippen LogP contribution in [0.15, 0.2) is 42.5 Å². The molecule has 1 aromatic carbocycles. The topological polar surface area (TPSA) is 45.2 Å². The number of rotatable bonds is 1. The quantitative estimate of drug-likeness (QED) is 0.873. The Morgan fingerprint density at radius 3 is 2.86 bits per heavy atom. The molecule has 2 aromatic rings. The van der Waals surface area contributed by atoms with E-state index in [0.29, 0.717) is 12.2 Å². The van der Waals surface area contributed by atoms with Crippen molar-refractivity contribution in [3.63, 3.8) is 0 Å². The molecule has 4 nitrogen and oxygen atoms in total. The predicted octanol–water partition coefficient (Wildman–Crippen LogP) is 2.53. The molecule has 4 heteroatoms. The summed E-state index contributed by atoms with van der Waals surface area (Å²) in [6.07, 6.45) is 0. The number of hydrogen-bond donors (Lipinski definition) is 1. The maximum absolute atomic E-state index is 12.8. The fourth-order valence-corrected chi connectivity index (χ4v) is 2.64. The van der Waals surface area contributed by atoms with Crippen LogP contribution < -0.4 is 10.2 Å². The zero-order valence-electron chi connectivity index (χ0n) is 12.3. The first-order valence-electron chi connectivity index (χ1n) is 7.22. The first kappa shape index (κ1) is 13.8. The Bertz CT molecular complexity index is 669. The molecule has 2 heterocycles. The minimum atomic E-state index is -0.0401. The number of para-hydroxylation sites is 1. The van der Waals surface area contributed by atoms with Gasteiger partial charge in [-0.2, -0.15) is 0 Å². The lowest BCUT2D eigenvalue weighted by Crippen LogP contribution is -2.40. The highest BCUT2D eigenvalue weighted by atomic mass is 16.2. The van der Waals surface area contributed by atoms with Crippen LogP contribution in [0.1, 0.15) is 28.7 Å². The summed E-state index contributed by atoms with van der Waals surface area (Å²) < 4.78 is 0. The fraction of sp³-hybridized carbons (Fsp3) is 0.294. The predicted molar refractivity (Wildman–Crippen MR) is 83.4 cm³/mol. The van der Waals surface area contributed by atoms with Crippen molar-refractivity contribution in [2.24, 2.45) is 0 Å². The van der Waals surface area contributed by atoms with Crippen LogP contribution in [0.4, 0.5) is 5.69 Å². The van der Waals surface area contributed by atoms with E-state index in [0.717, 1.165) is 23.5 Å². The number of carbonyl (C=O) groups excluding carboxylic acids is 1. The zero-order chi connectivity index (χ0) is 14.8. The second-order valence-electron chi connectivity index (χ2n) is 5.49. The van der Waals surface area contributed by atoms with E-state index in [-0.39, 0.29) is 11.9 Å². The van der Waals surface area contributed by atoms with Crippen molar-refractivity contribution in [3.8, 4) is 0 Å². The number of hydrogen-bond acceptors (Lipinski definition) is 3. The van der Waals surface area contributed by atoms with Gasteiger partial charge >= 0.3 is 0 Å². The first-order valence-corrected chi connectivity index (χ1v) is 7.22. The molecule has 0 aliphatic carbocycles. The summed E-state index contributed by atoms with van der Waals surface area (Å²) in [5.41, 5.74) is 3.47. The van der Waals surface area contributed by atoms with E-state index in [4.69, 9.17) is 0 Å². The number of nitrogens with zero attached hydrogens (tertiary/aromatic N) is 2. The van der Waals surface area contributed by atoms with E-state index >= 15 is 0 Å². The molecule has 0 saturated carbocycles. The van der Waals surface area contributed by atoms with Crippen LogP contribution in [0.2, 0.25) is 0 Å². The number of fused-ring (bicyclic) bond motifs is 1. The lowest BCUT2D eigenvalue weighted by molar-refractivity contribution is 0.0980. The number of nitrogens with one attached hydrogen (secondary N) is 1. The molecule has 3 rings (SSSR count). The number of aromatic nitrogens is 1. The average molecular weight is 281 g/mol. The SMILES string of the molecule is Cc1cccc(C(=O)N2CC(C)NCc3ccccc32)n1. The van der Waals surface area contributed by atoms with Crippen LogP contribution >= 0.6 is 0 Å². The summed E-state index contributed by atoms with van der Waals surface area (Å²) in [6, 6.07) is 13.8. The van der Waals surface area contributed by atoms with Gasteiger partial charge in [0, 0.05) is 30.5 Å². The highest BCUT2D eigenvalue weighted by molar-refractivity contribution is 6.05. The normalized spacial score (nSPS) is 18.0. The van der Waals surface area contributed by atoms with Crippen molar-refractivity contribution in [1.29, 1.82) is 0 Å². The molecule has 1 aromatic heterocycles. The highest BCUT2D eigenvalue weighted by Crippen LogP contribution is 2.24. The number of aryl methyl sites for hydroxylation is 1. The maximum Gasteiger partial charge on any atom is 0.276 e. The van der Waals surface area contributed by atoms with Crippen LogP contribution in [0.5, 0.6) is 0 Å². The van der Waals surface area contributed by atoms with Crippen molar-refractivity contribution in [3.05, 3.63) is 59.4 Å². The molecule has 1 aliphatic heterocycles. The van der Waals surface area contributed by atoms with Crippen molar-refractivity contribution < 1.29 is 4.79 Å². The van der Waals surface area contributed by atoms with Gasteiger partial charge in [-0.15, -0.1) is 0 Å². The van der Waals surface area contributed by atoms with Gasteiger partial charge in [0.15, 0.2) is 0 Å². The molecule has 1 amide bonds. The van der Waals surface area contributed by atoms with E-state index in [2.05, 4.69) is 23.3 Å². The Morgan fingerprint density at radius 2 is 2.05 bits per heavy atom. The number of benzene rings is 1. The first-order chi connectivity index (χ1) is 10.1. The third kappa shape index (κ3) is 2.81. The molecule has 1 atom stereocenters. The van der Waals surface area contributed by atoms with E-state index in [9.17, 15) is 4.79 Å². The molecule has 21 heavy (non-hydrogen) atoms. The van der Waals surface area contributed by atoms with Crippen LogP contribution in [0.3, 0.4) is 0 Å². The van der Waals surface area contributed by atoms with Crippen molar-refractivity contribution in [2.75, 3.05) is 11.4 Å². The molecule has 1 aliphatic rings. The molecular weight excluding hydrogens is 262 g/mol. The lowest BCUT2D eigenvalue weighted by atomic mass is 10.1. The highest BCUT2D eigenvalue weighted by Gasteiger charge is 2.25. The summed E-state index contributed by atoms with van der Waals surface area (Å²) >= 11 is 0. The van der Waals surface area contributed by atoms with Gasteiger partial charge in [0.25, 0.3) is 5.91 Å². The van der Waals surface area contributed by atoms with E-state index < -0.39 is 0 Å². The van der Waals surface area contributed by atoms with Crippen molar-refractivity contribution in [1.82, 2.24) is 10.3 Å². The van der Waals surface area contributed by atoms with Crippen molar-refractivity contribution in [2.45, 2.75) is 26.4 Å². The van der Waals surface area contributed by atoms with Gasteiger partial charge in [0.1, 0.15) is 5.69 Å². The molecule has 108 valence electrons. The molecule has 1 unspecified atom stereocenters. The second-order valence-corrected chi connectivity index (χ2v) is 5.49. The van der Waals surface area contributed by atoms with Crippen molar-refractivity contribution >= 4 is 11.6 Å². The van der Waals surface area contributed by atoms with Crippen LogP contribution in [-0.2, 0) is 6.54 Å². The zero-order valence-corrected chi connectivity index (χ0v) is 12.3. The van der Waals surface area contributed by atoms with E-state index in [1.165, 1.54) is 0 Å². The molecular formula is C17H19N3O. The Kier molecular flexibility index (Phi) is 3.71. The number of anilines is 1. The number of amides is 1. The van der Waals surface area contributed by atoms with Gasteiger partial charge in [-0.3, -0.25) is 4.79 Å². The maximum atomic E-state index is 12.8. The summed E-state index contributed by atoms with van der Waals surface area (Å²) in [7, 11) is 0. The minimum Gasteiger partial charge on any atom is -0.308 e. The third-order valence-corrected chi connectivity index (χ3v) is 3.73. The molecule has 0 saturated heterocycles. The monoisotopic (exact) mass is 281 g/mol. The van der Waals surface area contributed by atoms with Gasteiger partial charge in [-0.05, 0) is 37.6 Å². The van der Waals surface area contributed by atoms with Crippen LogP contribution in [0, 0.1) is 6.92 Å². The fourth-order valence-electron chi connectivity index (χ4n) is 2.64. The Balaban J connectivity index is 2.01. The van der Waals surface area contributed by atoms with Gasteiger partial charge in [-0.25, -0.2) is 4.98 Å². The third-order valence-electron chi connectivity index (χ3n) is 3.73. The second kappa shape index (κ2) is 5.66. The van der Waals surface area contributed by atoms with E-state index in [1.54, 1.807) is 6.07 Å². The Morgan fingerprint density at radius 1 is 1.24 bits per heavy atom. The largest absolute Gasteiger partial charge is 0.308 e. The molecule has 0 bridgehead atoms. The van der Waals surface area contributed by atoms with Gasteiger partial charge in [0.05, 0.1) is 0 Å². The molecule has 0 radical (unpaired) electrons. The number of carbonyl (C=O) groups is 1. The molecule has 0 spiro atoms. The standard InChI is InChI=1S/C17H19N3O/c1-12-6-5-8-15(19-12)17(21)20-11-13(2)18-10-14-7-3-4-9-16(14)20/h3-9,13,18H,10-11H2,1-2H3. The summed E-state index contributed by atoms with van der Waals surface area (Å²) in [5, 5.41) is 3.43. The van der Waals surface area contributed by atoms with Crippen LogP contribution in [0.25, 0.3) is 0 Å². The smallest absolute Gasteiger partial charge is 0.276 e. The van der Waals surface area contributed by atoms with Gasteiger partial charge < -0.3 is 10.2 Å². The van der Waals surface area contributed by atoms with Gasteiger partial charge in [0.2, 0.25) is 0 Å². The molecule has 1 N–H and O–H groups in total. The Hall–Kier alpha value is -2.20. The molecule has 0 fully saturated rings. The van der Waals surface area contributed by atoms with Crippen LogP contribution in [-0.4, -0.2) is 23.5 Å². The van der Waals surface area contributed by atoms with Gasteiger partial charge in [-0.1, -0.05) is 24.3 Å².